The lowest BCUT2D eigenvalue weighted by molar-refractivity contribution is 0.0815. The summed E-state index contributed by atoms with van der Waals surface area (Å²) in [6.07, 6.45) is 0. The number of hydrogen-bond acceptors (Lipinski definition) is 3. The Labute approximate surface area is 123 Å². The highest BCUT2D eigenvalue weighted by Gasteiger charge is 2.19. The van der Waals surface area contributed by atoms with Gasteiger partial charge in [0.05, 0.1) is 36.8 Å². The van der Waals surface area contributed by atoms with Crippen LogP contribution >= 0.6 is 0 Å². The summed E-state index contributed by atoms with van der Waals surface area (Å²) in [5.41, 5.74) is 4.69. The molecule has 1 aliphatic rings. The number of fused-ring (bicyclic) bond motifs is 2. The van der Waals surface area contributed by atoms with Crippen LogP contribution in [0.5, 0.6) is 0 Å². The first-order valence-electron chi connectivity index (χ1n) is 7.23. The first-order valence-corrected chi connectivity index (χ1v) is 7.23. The van der Waals surface area contributed by atoms with Crippen molar-refractivity contribution in [2.24, 2.45) is 0 Å². The van der Waals surface area contributed by atoms with Crippen LogP contribution in [0.4, 0.5) is 0 Å². The SMILES string of the molecule is c1ccc2c(c1)COCC2NCc1nc2ccccc2[nH]1. The Balaban J connectivity index is 1.52. The van der Waals surface area contributed by atoms with E-state index in [-0.39, 0.29) is 6.04 Å². The molecule has 2 N–H and O–H groups in total. The van der Waals surface area contributed by atoms with E-state index in [1.807, 2.05) is 24.3 Å². The highest BCUT2D eigenvalue weighted by Crippen LogP contribution is 2.24. The Morgan fingerprint density at radius 1 is 1.14 bits per heavy atom. The number of nitrogens with one attached hydrogen (secondary N) is 2. The molecule has 1 unspecified atom stereocenters. The number of ether oxygens (including phenoxy) is 1. The fraction of sp³-hybridized carbons (Fsp3) is 0.235. The normalized spacial score (nSPS) is 17.8. The van der Waals surface area contributed by atoms with Gasteiger partial charge in [-0.05, 0) is 23.3 Å². The molecule has 4 heteroatoms. The summed E-state index contributed by atoms with van der Waals surface area (Å²) in [6, 6.07) is 16.8. The van der Waals surface area contributed by atoms with Crippen LogP contribution in [0.1, 0.15) is 23.0 Å². The Morgan fingerprint density at radius 3 is 2.95 bits per heavy atom. The topological polar surface area (TPSA) is 49.9 Å². The molecule has 0 radical (unpaired) electrons. The Hall–Kier alpha value is -2.17. The largest absolute Gasteiger partial charge is 0.375 e. The van der Waals surface area contributed by atoms with E-state index < -0.39 is 0 Å². The average molecular weight is 279 g/mol. The van der Waals surface area contributed by atoms with E-state index in [4.69, 9.17) is 4.74 Å². The van der Waals surface area contributed by atoms with Crippen LogP contribution in [-0.4, -0.2) is 16.6 Å². The molecule has 2 aromatic carbocycles. The highest BCUT2D eigenvalue weighted by molar-refractivity contribution is 5.74. The van der Waals surface area contributed by atoms with E-state index >= 15 is 0 Å². The van der Waals surface area contributed by atoms with Gasteiger partial charge >= 0.3 is 0 Å². The van der Waals surface area contributed by atoms with E-state index in [0.717, 1.165) is 16.9 Å². The maximum Gasteiger partial charge on any atom is 0.121 e. The summed E-state index contributed by atoms with van der Waals surface area (Å²) in [5, 5.41) is 3.54. The molecule has 2 heterocycles. The molecule has 1 aromatic heterocycles. The molecule has 0 amide bonds. The molecule has 1 aliphatic heterocycles. The van der Waals surface area contributed by atoms with Crippen LogP contribution in [0.2, 0.25) is 0 Å². The van der Waals surface area contributed by atoms with Crippen molar-refractivity contribution in [3.63, 3.8) is 0 Å². The second-order valence-electron chi connectivity index (χ2n) is 5.35. The maximum atomic E-state index is 5.66. The van der Waals surface area contributed by atoms with Gasteiger partial charge in [0.25, 0.3) is 0 Å². The first kappa shape index (κ1) is 12.6. The molecule has 0 spiro atoms. The van der Waals surface area contributed by atoms with Crippen molar-refractivity contribution >= 4 is 11.0 Å². The van der Waals surface area contributed by atoms with Crippen LogP contribution in [0.25, 0.3) is 11.0 Å². The van der Waals surface area contributed by atoms with Crippen LogP contribution in [-0.2, 0) is 17.9 Å². The number of benzene rings is 2. The minimum atomic E-state index is 0.225. The molecule has 1 atom stereocenters. The summed E-state index contributed by atoms with van der Waals surface area (Å²) in [5.74, 6) is 0.958. The lowest BCUT2D eigenvalue weighted by atomic mass is 9.99. The third kappa shape index (κ3) is 2.44. The number of hydrogen-bond donors (Lipinski definition) is 2. The van der Waals surface area contributed by atoms with Gasteiger partial charge in [-0.25, -0.2) is 4.98 Å². The van der Waals surface area contributed by atoms with E-state index in [0.29, 0.717) is 19.8 Å². The summed E-state index contributed by atoms with van der Waals surface area (Å²) in [6.45, 7) is 2.12. The van der Waals surface area contributed by atoms with Gasteiger partial charge in [0, 0.05) is 0 Å². The van der Waals surface area contributed by atoms with Crippen molar-refractivity contribution in [2.75, 3.05) is 6.61 Å². The van der Waals surface area contributed by atoms with Crippen molar-refractivity contribution in [3.05, 3.63) is 65.5 Å². The lowest BCUT2D eigenvalue weighted by Crippen LogP contribution is -2.29. The van der Waals surface area contributed by atoms with Crippen molar-refractivity contribution in [3.8, 4) is 0 Å². The molecule has 3 aromatic rings. The average Bonchev–Trinajstić information content (AvgIpc) is 2.96. The standard InChI is InChI=1S/C17H17N3O/c1-2-6-13-12(5-1)10-21-11-16(13)18-9-17-19-14-7-3-4-8-15(14)20-17/h1-8,16,18H,9-11H2,(H,19,20). The summed E-state index contributed by atoms with van der Waals surface area (Å²) >= 11 is 0. The fourth-order valence-electron chi connectivity index (χ4n) is 2.86. The quantitative estimate of drug-likeness (QED) is 0.775. The predicted octanol–water partition coefficient (Wildman–Crippen LogP) is 2.92. The molecule has 4 nitrogen and oxygen atoms in total. The number of H-pyrrole nitrogens is 1. The number of nitrogens with zero attached hydrogens (tertiary/aromatic N) is 1. The lowest BCUT2D eigenvalue weighted by Gasteiger charge is -2.26. The second-order valence-corrected chi connectivity index (χ2v) is 5.35. The van der Waals surface area contributed by atoms with Crippen LogP contribution in [0.15, 0.2) is 48.5 Å². The Morgan fingerprint density at radius 2 is 2.00 bits per heavy atom. The number of rotatable bonds is 3. The number of aromatic nitrogens is 2. The van der Waals surface area contributed by atoms with Gasteiger partial charge in [0.15, 0.2) is 0 Å². The van der Waals surface area contributed by atoms with Crippen LogP contribution in [0, 0.1) is 0 Å². The predicted molar refractivity (Wildman–Crippen MR) is 81.8 cm³/mol. The van der Waals surface area contributed by atoms with Gasteiger partial charge in [-0.15, -0.1) is 0 Å². The van der Waals surface area contributed by atoms with Crippen LogP contribution in [0.3, 0.4) is 0 Å². The van der Waals surface area contributed by atoms with Gasteiger partial charge in [0.2, 0.25) is 0 Å². The summed E-state index contributed by atoms with van der Waals surface area (Å²) in [7, 11) is 0. The van der Waals surface area contributed by atoms with Gasteiger partial charge < -0.3 is 15.0 Å². The molecule has 0 saturated heterocycles. The Kier molecular flexibility index (Phi) is 3.18. The van der Waals surface area contributed by atoms with E-state index in [2.05, 4.69) is 39.6 Å². The minimum Gasteiger partial charge on any atom is -0.375 e. The zero-order valence-electron chi connectivity index (χ0n) is 11.7. The highest BCUT2D eigenvalue weighted by atomic mass is 16.5. The molecule has 0 saturated carbocycles. The zero-order chi connectivity index (χ0) is 14.1. The van der Waals surface area contributed by atoms with Crippen molar-refractivity contribution in [1.29, 1.82) is 0 Å². The van der Waals surface area contributed by atoms with Crippen molar-refractivity contribution in [1.82, 2.24) is 15.3 Å². The number of para-hydroxylation sites is 2. The third-order valence-electron chi connectivity index (χ3n) is 3.93. The van der Waals surface area contributed by atoms with E-state index in [1.165, 1.54) is 11.1 Å². The zero-order valence-corrected chi connectivity index (χ0v) is 11.7. The van der Waals surface area contributed by atoms with Crippen LogP contribution < -0.4 is 5.32 Å². The molecule has 0 bridgehead atoms. The monoisotopic (exact) mass is 279 g/mol. The summed E-state index contributed by atoms with van der Waals surface area (Å²) < 4.78 is 5.66. The third-order valence-corrected chi connectivity index (χ3v) is 3.93. The van der Waals surface area contributed by atoms with Gasteiger partial charge in [-0.2, -0.15) is 0 Å². The molecule has 21 heavy (non-hydrogen) atoms. The summed E-state index contributed by atoms with van der Waals surface area (Å²) in [4.78, 5) is 7.94. The molecule has 0 aliphatic carbocycles. The first-order chi connectivity index (χ1) is 10.4. The molecule has 0 fully saturated rings. The second kappa shape index (κ2) is 5.31. The van der Waals surface area contributed by atoms with Gasteiger partial charge in [-0.1, -0.05) is 36.4 Å². The van der Waals surface area contributed by atoms with E-state index in [1.54, 1.807) is 0 Å². The molecule has 106 valence electrons. The fourth-order valence-corrected chi connectivity index (χ4v) is 2.86. The van der Waals surface area contributed by atoms with Gasteiger partial charge in [0.1, 0.15) is 5.82 Å². The Bertz CT molecular complexity index is 732. The van der Waals surface area contributed by atoms with Gasteiger partial charge in [-0.3, -0.25) is 0 Å². The molecule has 4 rings (SSSR count). The van der Waals surface area contributed by atoms with Crippen molar-refractivity contribution < 1.29 is 4.74 Å². The molecular formula is C17H17N3O. The maximum absolute atomic E-state index is 5.66. The smallest absolute Gasteiger partial charge is 0.121 e. The van der Waals surface area contributed by atoms with E-state index in [9.17, 15) is 0 Å². The number of aromatic amines is 1. The number of imidazole rings is 1. The minimum absolute atomic E-state index is 0.225. The molecular weight excluding hydrogens is 262 g/mol. The van der Waals surface area contributed by atoms with Crippen molar-refractivity contribution in [2.45, 2.75) is 19.2 Å².